The molecule has 116 valence electrons. The number of benzene rings is 1. The first-order valence-electron chi connectivity index (χ1n) is 5.64. The quantitative estimate of drug-likeness (QED) is 0.597. The highest BCUT2D eigenvalue weighted by Crippen LogP contribution is 2.25. The van der Waals surface area contributed by atoms with Gasteiger partial charge in [-0.15, -0.1) is 0 Å². The van der Waals surface area contributed by atoms with Gasteiger partial charge in [-0.25, -0.2) is 17.5 Å². The molecule has 1 rings (SSSR count). The maximum atomic E-state index is 13.0. The first-order chi connectivity index (χ1) is 9.47. The van der Waals surface area contributed by atoms with Gasteiger partial charge < -0.3 is 5.11 Å². The average molecular weight is 320 g/mol. The molecule has 1 aromatic carbocycles. The first kappa shape index (κ1) is 17.0. The topological polar surface area (TPSA) is 127 Å². The number of nitro groups is 1. The van der Waals surface area contributed by atoms with Gasteiger partial charge in [-0.05, 0) is 26.0 Å². The Morgan fingerprint density at radius 3 is 2.52 bits per heavy atom. The van der Waals surface area contributed by atoms with Gasteiger partial charge in [-0.1, -0.05) is 0 Å². The van der Waals surface area contributed by atoms with E-state index in [4.69, 9.17) is 5.11 Å². The summed E-state index contributed by atoms with van der Waals surface area (Å²) in [6, 6.07) is 2.00. The van der Waals surface area contributed by atoms with E-state index in [1.807, 2.05) is 4.72 Å². The van der Waals surface area contributed by atoms with E-state index >= 15 is 0 Å². The fourth-order valence-electron chi connectivity index (χ4n) is 1.29. The highest BCUT2D eigenvalue weighted by atomic mass is 32.2. The summed E-state index contributed by atoms with van der Waals surface area (Å²) in [4.78, 5) is 19.9. The number of rotatable bonds is 6. The fraction of sp³-hybridized carbons (Fsp3) is 0.364. The van der Waals surface area contributed by atoms with E-state index in [2.05, 4.69) is 0 Å². The van der Waals surface area contributed by atoms with Crippen molar-refractivity contribution >= 4 is 21.7 Å². The fourth-order valence-corrected chi connectivity index (χ4v) is 2.65. The molecule has 0 unspecified atom stereocenters. The highest BCUT2D eigenvalue weighted by Gasteiger charge is 2.32. The van der Waals surface area contributed by atoms with Gasteiger partial charge in [0.25, 0.3) is 5.69 Å². The van der Waals surface area contributed by atoms with E-state index in [1.54, 1.807) is 0 Å². The van der Waals surface area contributed by atoms with E-state index < -0.39 is 49.3 Å². The van der Waals surface area contributed by atoms with Crippen LogP contribution in [0.15, 0.2) is 23.1 Å². The van der Waals surface area contributed by atoms with E-state index in [1.165, 1.54) is 13.8 Å². The van der Waals surface area contributed by atoms with Crippen LogP contribution in [0, 0.1) is 21.3 Å². The van der Waals surface area contributed by atoms with E-state index in [-0.39, 0.29) is 0 Å². The molecule has 0 aliphatic carbocycles. The van der Waals surface area contributed by atoms with E-state index in [9.17, 15) is 27.7 Å². The molecule has 21 heavy (non-hydrogen) atoms. The summed E-state index contributed by atoms with van der Waals surface area (Å²) in [5, 5.41) is 19.7. The second-order valence-electron chi connectivity index (χ2n) is 4.88. The molecule has 8 nitrogen and oxygen atoms in total. The van der Waals surface area contributed by atoms with Crippen LogP contribution in [0.25, 0.3) is 0 Å². The van der Waals surface area contributed by atoms with Crippen molar-refractivity contribution in [2.45, 2.75) is 18.7 Å². The first-order valence-corrected chi connectivity index (χ1v) is 7.13. The Kier molecular flexibility index (Phi) is 4.64. The predicted octanol–water partition coefficient (Wildman–Crippen LogP) is 1.12. The lowest BCUT2D eigenvalue weighted by Gasteiger charge is -2.19. The van der Waals surface area contributed by atoms with Gasteiger partial charge in [0.1, 0.15) is 5.82 Å². The lowest BCUT2D eigenvalue weighted by Crippen LogP contribution is -2.39. The smallest absolute Gasteiger partial charge is 0.310 e. The molecule has 10 heteroatoms. The Balaban J connectivity index is 3.15. The summed E-state index contributed by atoms with van der Waals surface area (Å²) in [6.45, 7) is 2.10. The molecule has 0 saturated carbocycles. The van der Waals surface area contributed by atoms with Crippen LogP contribution in [0.3, 0.4) is 0 Å². The Hall–Kier alpha value is -2.07. The van der Waals surface area contributed by atoms with Crippen molar-refractivity contribution in [1.82, 2.24) is 4.72 Å². The van der Waals surface area contributed by atoms with Crippen LogP contribution in [0.1, 0.15) is 13.8 Å². The number of halogens is 1. The normalized spacial score (nSPS) is 12.1. The van der Waals surface area contributed by atoms with Crippen molar-refractivity contribution in [2.24, 2.45) is 5.41 Å². The van der Waals surface area contributed by atoms with Crippen LogP contribution >= 0.6 is 0 Å². The van der Waals surface area contributed by atoms with Gasteiger partial charge in [0.15, 0.2) is 4.90 Å². The minimum Gasteiger partial charge on any atom is -0.481 e. The number of nitrogens with zero attached hydrogens (tertiary/aromatic N) is 1. The second-order valence-corrected chi connectivity index (χ2v) is 6.62. The number of carbonyl (C=O) groups is 1. The Morgan fingerprint density at radius 1 is 1.48 bits per heavy atom. The lowest BCUT2D eigenvalue weighted by molar-refractivity contribution is -0.388. The zero-order valence-electron chi connectivity index (χ0n) is 11.2. The van der Waals surface area contributed by atoms with Crippen molar-refractivity contribution in [2.75, 3.05) is 6.54 Å². The number of nitro benzene ring substituents is 1. The predicted molar refractivity (Wildman–Crippen MR) is 69.7 cm³/mol. The molecule has 0 bridgehead atoms. The average Bonchev–Trinajstić information content (AvgIpc) is 2.36. The van der Waals surface area contributed by atoms with E-state index in [0.29, 0.717) is 6.07 Å². The number of hydrogen-bond acceptors (Lipinski definition) is 5. The summed E-state index contributed by atoms with van der Waals surface area (Å²) < 4.78 is 39.0. The number of carboxylic acid groups (broad SMARTS) is 1. The molecule has 0 radical (unpaired) electrons. The molecule has 0 aromatic heterocycles. The van der Waals surface area contributed by atoms with Crippen LogP contribution in [0.2, 0.25) is 0 Å². The van der Waals surface area contributed by atoms with Crippen molar-refractivity contribution < 1.29 is 27.6 Å². The van der Waals surface area contributed by atoms with Crippen LogP contribution in [-0.2, 0) is 14.8 Å². The van der Waals surface area contributed by atoms with Gasteiger partial charge in [-0.3, -0.25) is 14.9 Å². The van der Waals surface area contributed by atoms with Crippen LogP contribution in [0.5, 0.6) is 0 Å². The number of sulfonamides is 1. The van der Waals surface area contributed by atoms with Gasteiger partial charge in [0.2, 0.25) is 10.0 Å². The number of aliphatic carboxylic acids is 1. The van der Waals surface area contributed by atoms with Gasteiger partial charge in [-0.2, -0.15) is 0 Å². The summed E-state index contributed by atoms with van der Waals surface area (Å²) in [5.41, 5.74) is -2.32. The number of carboxylic acids is 1. The maximum absolute atomic E-state index is 13.0. The SMILES string of the molecule is CC(C)(CNS(=O)(=O)c1ccc(F)cc1[N+](=O)[O-])C(=O)O. The minimum absolute atomic E-state index is 0.473. The molecule has 0 atom stereocenters. The molecule has 0 amide bonds. The zero-order chi connectivity index (χ0) is 16.4. The second kappa shape index (κ2) is 5.74. The molecular weight excluding hydrogens is 307 g/mol. The Bertz CT molecular complexity index is 686. The molecule has 0 spiro atoms. The standard InChI is InChI=1S/C11H13FN2O6S/c1-11(2,10(15)16)6-13-21(19,20)9-4-3-7(12)5-8(9)14(17)18/h3-5,13H,6H2,1-2H3,(H,15,16). The molecule has 2 N–H and O–H groups in total. The van der Waals surface area contributed by atoms with Crippen LogP contribution in [-0.4, -0.2) is 31.0 Å². The molecule has 0 fully saturated rings. The van der Waals surface area contributed by atoms with Gasteiger partial charge >= 0.3 is 5.97 Å². The van der Waals surface area contributed by atoms with E-state index in [0.717, 1.165) is 12.1 Å². The summed E-state index contributed by atoms with van der Waals surface area (Å²) in [6.07, 6.45) is 0. The van der Waals surface area contributed by atoms with Crippen molar-refractivity contribution in [1.29, 1.82) is 0 Å². The minimum atomic E-state index is -4.34. The summed E-state index contributed by atoms with van der Waals surface area (Å²) in [7, 11) is -4.34. The van der Waals surface area contributed by atoms with Crippen molar-refractivity contribution in [3.63, 3.8) is 0 Å². The third-order valence-electron chi connectivity index (χ3n) is 2.69. The van der Waals surface area contributed by atoms with Crippen LogP contribution < -0.4 is 4.72 Å². The monoisotopic (exact) mass is 320 g/mol. The third-order valence-corrected chi connectivity index (χ3v) is 4.14. The summed E-state index contributed by atoms with van der Waals surface area (Å²) >= 11 is 0. The maximum Gasteiger partial charge on any atom is 0.310 e. The number of nitrogens with one attached hydrogen (secondary N) is 1. The Labute approximate surface area is 119 Å². The van der Waals surface area contributed by atoms with Crippen LogP contribution in [0.4, 0.5) is 10.1 Å². The van der Waals surface area contributed by atoms with Gasteiger partial charge in [0, 0.05) is 6.54 Å². The molecular formula is C11H13FN2O6S. The highest BCUT2D eigenvalue weighted by molar-refractivity contribution is 7.89. The lowest BCUT2D eigenvalue weighted by atomic mass is 9.95. The molecule has 0 saturated heterocycles. The molecule has 0 aliphatic rings. The molecule has 0 heterocycles. The molecule has 1 aromatic rings. The Morgan fingerprint density at radius 2 is 2.05 bits per heavy atom. The third kappa shape index (κ3) is 3.95. The largest absolute Gasteiger partial charge is 0.481 e. The van der Waals surface area contributed by atoms with Crippen molar-refractivity contribution in [3.8, 4) is 0 Å². The van der Waals surface area contributed by atoms with Crippen molar-refractivity contribution in [3.05, 3.63) is 34.1 Å². The molecule has 0 aliphatic heterocycles. The summed E-state index contributed by atoms with van der Waals surface area (Å²) in [5.74, 6) is -2.19. The van der Waals surface area contributed by atoms with Gasteiger partial charge in [0.05, 0.1) is 16.4 Å². The number of hydrogen-bond donors (Lipinski definition) is 2. The zero-order valence-corrected chi connectivity index (χ0v) is 12.0.